The lowest BCUT2D eigenvalue weighted by atomic mass is 10.0. The van der Waals surface area contributed by atoms with Gasteiger partial charge in [-0.05, 0) is 120 Å². The van der Waals surface area contributed by atoms with Gasteiger partial charge in [0.2, 0.25) is 0 Å². The Hall–Kier alpha value is -3.66. The van der Waals surface area contributed by atoms with Crippen molar-refractivity contribution in [2.24, 2.45) is 0 Å². The van der Waals surface area contributed by atoms with Crippen LogP contribution in [0.3, 0.4) is 0 Å². The number of ether oxygens (including phenoxy) is 2. The monoisotopic (exact) mass is 569 g/mol. The van der Waals surface area contributed by atoms with E-state index in [1.54, 1.807) is 12.1 Å². The largest absolute Gasteiger partial charge is 0.494 e. The summed E-state index contributed by atoms with van der Waals surface area (Å²) in [5.74, 6) is 1.72. The second-order valence-corrected chi connectivity index (χ2v) is 10.5. The number of nitrogens with zero attached hydrogens (tertiary/aromatic N) is 3. The average molecular weight is 570 g/mol. The van der Waals surface area contributed by atoms with Gasteiger partial charge in [-0.2, -0.15) is 5.26 Å². The van der Waals surface area contributed by atoms with Crippen LogP contribution in [0.25, 0.3) is 0 Å². The minimum Gasteiger partial charge on any atom is -0.494 e. The molecule has 224 valence electrons. The first-order valence-electron chi connectivity index (χ1n) is 15.5. The van der Waals surface area contributed by atoms with E-state index in [4.69, 9.17) is 14.7 Å². The molecule has 1 aliphatic rings. The summed E-state index contributed by atoms with van der Waals surface area (Å²) in [5.41, 5.74) is 2.08. The fourth-order valence-corrected chi connectivity index (χ4v) is 4.91. The highest BCUT2D eigenvalue weighted by molar-refractivity contribution is 6.08. The van der Waals surface area contributed by atoms with Crippen molar-refractivity contribution < 1.29 is 14.3 Å². The van der Waals surface area contributed by atoms with Gasteiger partial charge < -0.3 is 19.3 Å². The highest BCUT2D eigenvalue weighted by Crippen LogP contribution is 2.16. The lowest BCUT2D eigenvalue weighted by Gasteiger charge is -2.17. The molecule has 0 bridgehead atoms. The van der Waals surface area contributed by atoms with Crippen LogP contribution in [0.1, 0.15) is 73.9 Å². The predicted octanol–water partition coefficient (Wildman–Crippen LogP) is 7.23. The van der Waals surface area contributed by atoms with Crippen LogP contribution in [0.4, 0.5) is 0 Å². The van der Waals surface area contributed by atoms with Gasteiger partial charge in [-0.1, -0.05) is 44.2 Å². The van der Waals surface area contributed by atoms with Crippen molar-refractivity contribution >= 4 is 5.78 Å². The van der Waals surface area contributed by atoms with E-state index in [0.29, 0.717) is 16.7 Å². The molecule has 0 aromatic heterocycles. The average Bonchev–Trinajstić information content (AvgIpc) is 3.57. The van der Waals surface area contributed by atoms with Gasteiger partial charge in [0.25, 0.3) is 0 Å². The number of benzene rings is 3. The van der Waals surface area contributed by atoms with E-state index in [1.165, 1.54) is 45.3 Å². The fraction of sp³-hybridized carbons (Fsp3) is 0.444. The van der Waals surface area contributed by atoms with Crippen molar-refractivity contribution in [1.82, 2.24) is 9.80 Å². The van der Waals surface area contributed by atoms with E-state index in [2.05, 4.69) is 29.7 Å². The summed E-state index contributed by atoms with van der Waals surface area (Å²) in [6, 6.07) is 26.2. The smallest absolute Gasteiger partial charge is 0.193 e. The maximum absolute atomic E-state index is 12.4. The maximum atomic E-state index is 12.4. The first-order chi connectivity index (χ1) is 20.6. The summed E-state index contributed by atoms with van der Waals surface area (Å²) < 4.78 is 11.4. The number of likely N-dealkylation sites (tertiary alicyclic amines) is 1. The Kier molecular flexibility index (Phi) is 15.2. The molecule has 0 amide bonds. The highest BCUT2D eigenvalue weighted by Gasteiger charge is 2.10. The molecule has 1 fully saturated rings. The summed E-state index contributed by atoms with van der Waals surface area (Å²) in [4.78, 5) is 17.3. The molecule has 0 N–H and O–H groups in total. The van der Waals surface area contributed by atoms with Crippen LogP contribution in [0, 0.1) is 11.3 Å². The Labute approximate surface area is 252 Å². The van der Waals surface area contributed by atoms with E-state index >= 15 is 0 Å². The third-order valence-corrected chi connectivity index (χ3v) is 7.50. The van der Waals surface area contributed by atoms with E-state index in [9.17, 15) is 4.79 Å². The second kappa shape index (κ2) is 19.5. The van der Waals surface area contributed by atoms with Gasteiger partial charge in [0, 0.05) is 17.7 Å². The number of hydrogen-bond donors (Lipinski definition) is 0. The third kappa shape index (κ3) is 12.1. The van der Waals surface area contributed by atoms with Crippen LogP contribution < -0.4 is 9.47 Å². The summed E-state index contributed by atoms with van der Waals surface area (Å²) >= 11 is 0. The van der Waals surface area contributed by atoms with Gasteiger partial charge in [-0.15, -0.1) is 0 Å². The summed E-state index contributed by atoms with van der Waals surface area (Å²) in [6.45, 7) is 12.9. The van der Waals surface area contributed by atoms with Crippen LogP contribution in [-0.4, -0.2) is 68.1 Å². The quantitative estimate of drug-likeness (QED) is 0.134. The molecule has 0 aliphatic carbocycles. The molecule has 3 aromatic rings. The first-order valence-corrected chi connectivity index (χ1v) is 15.5. The molecule has 0 atom stereocenters. The number of unbranched alkanes of at least 4 members (excludes halogenated alkanes) is 2. The number of rotatable bonds is 16. The maximum Gasteiger partial charge on any atom is 0.193 e. The Bertz CT molecular complexity index is 1180. The molecule has 6 nitrogen and oxygen atoms in total. The summed E-state index contributed by atoms with van der Waals surface area (Å²) in [5, 5.41) is 8.66. The van der Waals surface area contributed by atoms with Crippen molar-refractivity contribution in [3.8, 4) is 17.6 Å². The fourth-order valence-electron chi connectivity index (χ4n) is 4.91. The van der Waals surface area contributed by atoms with Crippen molar-refractivity contribution in [1.29, 1.82) is 5.26 Å². The van der Waals surface area contributed by atoms with Gasteiger partial charge in [0.1, 0.15) is 11.5 Å². The Morgan fingerprint density at radius 3 is 1.93 bits per heavy atom. The first kappa shape index (κ1) is 32.8. The van der Waals surface area contributed by atoms with E-state index in [-0.39, 0.29) is 5.78 Å². The molecule has 6 heteroatoms. The van der Waals surface area contributed by atoms with Gasteiger partial charge in [-0.25, -0.2) is 0 Å². The summed E-state index contributed by atoms with van der Waals surface area (Å²) in [6.07, 6.45) is 7.31. The van der Waals surface area contributed by atoms with Crippen LogP contribution in [0.15, 0.2) is 78.9 Å². The number of nitriles is 1. The zero-order valence-corrected chi connectivity index (χ0v) is 25.5. The molecular weight excluding hydrogens is 522 g/mol. The van der Waals surface area contributed by atoms with Crippen LogP contribution >= 0.6 is 0 Å². The van der Waals surface area contributed by atoms with Crippen molar-refractivity contribution in [2.45, 2.75) is 52.4 Å². The molecule has 1 saturated heterocycles. The zero-order chi connectivity index (χ0) is 29.8. The Balaban J connectivity index is 0.000000250. The van der Waals surface area contributed by atoms with E-state index < -0.39 is 0 Å². The zero-order valence-electron chi connectivity index (χ0n) is 25.5. The minimum atomic E-state index is 0.0501. The van der Waals surface area contributed by atoms with Crippen molar-refractivity contribution in [3.05, 3.63) is 95.6 Å². The number of carbonyl (C=O) groups is 1. The third-order valence-electron chi connectivity index (χ3n) is 7.50. The Morgan fingerprint density at radius 2 is 1.33 bits per heavy atom. The van der Waals surface area contributed by atoms with E-state index in [0.717, 1.165) is 57.2 Å². The molecule has 0 spiro atoms. The molecule has 3 aromatic carbocycles. The SMILES string of the molecule is CCN(CC)CCCOc1ccc(C#N)cc1.O=C(c1ccccc1)c1ccc(OCCCCCN2CCCC2)cc1. The second-order valence-electron chi connectivity index (χ2n) is 10.5. The molecule has 0 radical (unpaired) electrons. The number of carbonyl (C=O) groups excluding carboxylic acids is 1. The van der Waals surface area contributed by atoms with Gasteiger partial charge >= 0.3 is 0 Å². The molecule has 1 aliphatic heterocycles. The molecule has 1 heterocycles. The number of ketones is 1. The lowest BCUT2D eigenvalue weighted by molar-refractivity contribution is 0.103. The predicted molar refractivity (Wildman–Crippen MR) is 170 cm³/mol. The number of hydrogen-bond acceptors (Lipinski definition) is 6. The van der Waals surface area contributed by atoms with Gasteiger partial charge in [-0.3, -0.25) is 4.79 Å². The molecule has 42 heavy (non-hydrogen) atoms. The molecular formula is C36H47N3O3. The van der Waals surface area contributed by atoms with Crippen molar-refractivity contribution in [3.63, 3.8) is 0 Å². The lowest BCUT2D eigenvalue weighted by Crippen LogP contribution is -2.25. The van der Waals surface area contributed by atoms with Crippen molar-refractivity contribution in [2.75, 3.05) is 52.5 Å². The molecule has 0 unspecified atom stereocenters. The van der Waals surface area contributed by atoms with Gasteiger partial charge in [0.05, 0.1) is 24.8 Å². The highest BCUT2D eigenvalue weighted by atomic mass is 16.5. The van der Waals surface area contributed by atoms with Crippen LogP contribution in [0.2, 0.25) is 0 Å². The van der Waals surface area contributed by atoms with E-state index in [1.807, 2.05) is 66.7 Å². The topological polar surface area (TPSA) is 65.8 Å². The molecule has 4 rings (SSSR count). The van der Waals surface area contributed by atoms with Crippen LogP contribution in [0.5, 0.6) is 11.5 Å². The normalized spacial score (nSPS) is 12.8. The molecule has 0 saturated carbocycles. The Morgan fingerprint density at radius 1 is 0.762 bits per heavy atom. The van der Waals surface area contributed by atoms with Crippen LogP contribution in [-0.2, 0) is 0 Å². The summed E-state index contributed by atoms with van der Waals surface area (Å²) in [7, 11) is 0. The standard InChI is InChI=1S/C22H27NO2.C14H20N2O/c24-22(19-9-3-1-4-10-19)20-11-13-21(14-12-20)25-18-8-2-5-15-23-16-6-7-17-23;1-3-16(4-2)10-5-11-17-14-8-6-13(12-15)7-9-14/h1,3-4,9-14H,2,5-8,15-18H2;6-9H,3-5,10-11H2,1-2H3. The van der Waals surface area contributed by atoms with Gasteiger partial charge in [0.15, 0.2) is 5.78 Å². The minimum absolute atomic E-state index is 0.0501.